The molecule has 1 N–H and O–H groups in total. The van der Waals surface area contributed by atoms with Gasteiger partial charge in [0, 0.05) is 53.0 Å². The number of halogens is 1. The molecule has 2 aromatic carbocycles. The number of aromatic nitrogens is 4. The second-order valence-corrected chi connectivity index (χ2v) is 8.17. The Morgan fingerprint density at radius 3 is 2.43 bits per heavy atom. The summed E-state index contributed by atoms with van der Waals surface area (Å²) in [4.78, 5) is 11.7. The van der Waals surface area contributed by atoms with Crippen molar-refractivity contribution in [1.29, 1.82) is 0 Å². The van der Waals surface area contributed by atoms with E-state index in [-0.39, 0.29) is 0 Å². The number of aryl methyl sites for hydroxylation is 2. The molecule has 0 fully saturated rings. The van der Waals surface area contributed by atoms with Crippen LogP contribution < -0.4 is 4.90 Å². The van der Waals surface area contributed by atoms with Crippen molar-refractivity contribution >= 4 is 17.4 Å². The number of rotatable bonds is 3. The van der Waals surface area contributed by atoms with Gasteiger partial charge in [-0.05, 0) is 26.0 Å². The number of hydrogen-bond donors (Lipinski definition) is 1. The highest BCUT2D eigenvalue weighted by atomic mass is 35.5. The molecule has 0 saturated heterocycles. The summed E-state index contributed by atoms with van der Waals surface area (Å²) in [6.45, 7) is 5.69. The lowest BCUT2D eigenvalue weighted by atomic mass is 10.0. The fourth-order valence-corrected chi connectivity index (χ4v) is 4.05. The van der Waals surface area contributed by atoms with E-state index in [1.165, 1.54) is 16.8 Å². The third-order valence-electron chi connectivity index (χ3n) is 5.55. The smallest absolute Gasteiger partial charge is 0.133 e. The Hall–Kier alpha value is -3.18. The van der Waals surface area contributed by atoms with E-state index >= 15 is 0 Å². The lowest BCUT2D eigenvalue weighted by molar-refractivity contribution is 0.708. The van der Waals surface area contributed by atoms with Crippen molar-refractivity contribution in [3.8, 4) is 22.5 Å². The number of anilines is 1. The third kappa shape index (κ3) is 3.57. The average Bonchev–Trinajstić information content (AvgIpc) is 3.17. The second-order valence-electron chi connectivity index (χ2n) is 7.73. The maximum atomic E-state index is 6.06. The van der Waals surface area contributed by atoms with Gasteiger partial charge < -0.3 is 4.90 Å². The van der Waals surface area contributed by atoms with E-state index < -0.39 is 0 Å². The van der Waals surface area contributed by atoms with E-state index in [0.29, 0.717) is 0 Å². The molecule has 0 aliphatic carbocycles. The zero-order valence-electron chi connectivity index (χ0n) is 17.0. The molecule has 6 heteroatoms. The highest BCUT2D eigenvalue weighted by molar-refractivity contribution is 6.30. The molecular weight excluding hydrogens is 394 g/mol. The molecule has 0 atom stereocenters. The van der Waals surface area contributed by atoms with Gasteiger partial charge in [0.25, 0.3) is 0 Å². The lowest BCUT2D eigenvalue weighted by Crippen LogP contribution is -2.31. The van der Waals surface area contributed by atoms with Crippen LogP contribution in [0.3, 0.4) is 0 Å². The van der Waals surface area contributed by atoms with Gasteiger partial charge in [-0.25, -0.2) is 9.97 Å². The number of hydrogen-bond acceptors (Lipinski definition) is 4. The zero-order chi connectivity index (χ0) is 20.7. The second kappa shape index (κ2) is 7.58. The van der Waals surface area contributed by atoms with Crippen LogP contribution in [0.4, 0.5) is 5.82 Å². The molecule has 150 valence electrons. The highest BCUT2D eigenvalue weighted by Crippen LogP contribution is 2.32. The van der Waals surface area contributed by atoms with Crippen LogP contribution >= 0.6 is 11.6 Å². The summed E-state index contributed by atoms with van der Waals surface area (Å²) in [5.74, 6) is 1.73. The number of nitrogens with zero attached hydrogens (tertiary/aromatic N) is 4. The highest BCUT2D eigenvalue weighted by Gasteiger charge is 2.24. The molecule has 5 rings (SSSR count). The predicted molar refractivity (Wildman–Crippen MR) is 121 cm³/mol. The number of benzene rings is 2. The Labute approximate surface area is 180 Å². The van der Waals surface area contributed by atoms with E-state index in [1.54, 1.807) is 0 Å². The minimum Gasteiger partial charge on any atom is -0.352 e. The summed E-state index contributed by atoms with van der Waals surface area (Å²) in [5, 5.41) is 8.54. The summed E-state index contributed by atoms with van der Waals surface area (Å²) < 4.78 is 0. The molecule has 1 aliphatic rings. The predicted octanol–water partition coefficient (Wildman–Crippen LogP) is 5.37. The Morgan fingerprint density at radius 2 is 1.67 bits per heavy atom. The van der Waals surface area contributed by atoms with Gasteiger partial charge in [0.15, 0.2) is 0 Å². The number of nitrogens with one attached hydrogen (secondary N) is 1. The van der Waals surface area contributed by atoms with Crippen LogP contribution in [-0.4, -0.2) is 26.7 Å². The molecule has 1 aliphatic heterocycles. The van der Waals surface area contributed by atoms with Gasteiger partial charge in [-0.3, -0.25) is 5.10 Å². The maximum absolute atomic E-state index is 6.06. The average molecular weight is 416 g/mol. The summed E-state index contributed by atoms with van der Waals surface area (Å²) in [7, 11) is 0. The van der Waals surface area contributed by atoms with Crippen molar-refractivity contribution in [3.63, 3.8) is 0 Å². The van der Waals surface area contributed by atoms with Gasteiger partial charge in [0.1, 0.15) is 11.6 Å². The van der Waals surface area contributed by atoms with Gasteiger partial charge in [0.2, 0.25) is 0 Å². The van der Waals surface area contributed by atoms with Crippen molar-refractivity contribution in [3.05, 3.63) is 82.3 Å². The van der Waals surface area contributed by atoms with Gasteiger partial charge in [-0.1, -0.05) is 53.6 Å². The molecule has 0 bridgehead atoms. The van der Waals surface area contributed by atoms with Crippen molar-refractivity contribution in [2.24, 2.45) is 0 Å². The molecule has 0 radical (unpaired) electrons. The first-order chi connectivity index (χ1) is 14.6. The first-order valence-corrected chi connectivity index (χ1v) is 10.4. The fourth-order valence-electron chi connectivity index (χ4n) is 3.92. The van der Waals surface area contributed by atoms with Gasteiger partial charge in [-0.2, -0.15) is 5.10 Å². The van der Waals surface area contributed by atoms with Crippen molar-refractivity contribution in [2.45, 2.75) is 26.8 Å². The van der Waals surface area contributed by atoms with Gasteiger partial charge in [-0.15, -0.1) is 0 Å². The zero-order valence-corrected chi connectivity index (χ0v) is 17.7. The molecule has 0 unspecified atom stereocenters. The minimum absolute atomic E-state index is 0.727. The maximum Gasteiger partial charge on any atom is 0.133 e. The van der Waals surface area contributed by atoms with Crippen LogP contribution in [0.25, 0.3) is 22.5 Å². The molecule has 0 amide bonds. The number of H-pyrrole nitrogens is 1. The molecule has 4 aromatic rings. The van der Waals surface area contributed by atoms with Gasteiger partial charge >= 0.3 is 0 Å². The minimum atomic E-state index is 0.727. The third-order valence-corrected chi connectivity index (χ3v) is 5.80. The summed E-state index contributed by atoms with van der Waals surface area (Å²) in [6, 6.07) is 18.4. The first kappa shape index (κ1) is 18.8. The van der Waals surface area contributed by atoms with Crippen LogP contribution in [0.15, 0.2) is 54.6 Å². The van der Waals surface area contributed by atoms with Crippen LogP contribution in [0, 0.1) is 13.8 Å². The van der Waals surface area contributed by atoms with E-state index in [0.717, 1.165) is 58.7 Å². The molecular formula is C24H22ClN5. The van der Waals surface area contributed by atoms with E-state index in [1.807, 2.05) is 31.2 Å². The molecule has 30 heavy (non-hydrogen) atoms. The standard InChI is InChI=1S/C24H22ClN5/c1-15-3-5-17(6-4-15)22-13-23(27-16(2)26-22)30-12-11-21-20(14-30)24(29-28-21)18-7-9-19(25)10-8-18/h3-10,13H,11-12,14H2,1-2H3,(H,28,29). The Bertz CT molecular complexity index is 1200. The van der Waals surface area contributed by atoms with E-state index in [9.17, 15) is 0 Å². The topological polar surface area (TPSA) is 57.7 Å². The number of aromatic amines is 1. The fraction of sp³-hybridized carbons (Fsp3) is 0.208. The Morgan fingerprint density at radius 1 is 0.933 bits per heavy atom. The molecule has 0 spiro atoms. The number of fused-ring (bicyclic) bond motifs is 1. The van der Waals surface area contributed by atoms with Crippen LogP contribution in [-0.2, 0) is 13.0 Å². The van der Waals surface area contributed by atoms with Crippen molar-refractivity contribution in [2.75, 3.05) is 11.4 Å². The molecule has 2 aromatic heterocycles. The van der Waals surface area contributed by atoms with Crippen LogP contribution in [0.1, 0.15) is 22.6 Å². The first-order valence-electron chi connectivity index (χ1n) is 10.1. The summed E-state index contributed by atoms with van der Waals surface area (Å²) in [6.07, 6.45) is 0.902. The largest absolute Gasteiger partial charge is 0.352 e. The molecule has 0 saturated carbocycles. The molecule has 3 heterocycles. The lowest BCUT2D eigenvalue weighted by Gasteiger charge is -2.28. The molecule has 5 nitrogen and oxygen atoms in total. The van der Waals surface area contributed by atoms with Crippen molar-refractivity contribution in [1.82, 2.24) is 20.2 Å². The SMILES string of the molecule is Cc1ccc(-c2cc(N3CCc4[nH]nc(-c5ccc(Cl)cc5)c4C3)nc(C)n2)cc1. The van der Waals surface area contributed by atoms with Crippen molar-refractivity contribution < 1.29 is 0 Å². The quantitative estimate of drug-likeness (QED) is 0.489. The van der Waals surface area contributed by atoms with E-state index in [4.69, 9.17) is 16.6 Å². The summed E-state index contributed by atoms with van der Waals surface area (Å²) in [5.41, 5.74) is 7.76. The Balaban J connectivity index is 1.48. The monoisotopic (exact) mass is 415 g/mol. The summed E-state index contributed by atoms with van der Waals surface area (Å²) >= 11 is 6.06. The van der Waals surface area contributed by atoms with Crippen LogP contribution in [0.5, 0.6) is 0 Å². The Kier molecular flexibility index (Phi) is 4.75. The van der Waals surface area contributed by atoms with Gasteiger partial charge in [0.05, 0.1) is 11.4 Å². The van der Waals surface area contributed by atoms with Crippen LogP contribution in [0.2, 0.25) is 5.02 Å². The van der Waals surface area contributed by atoms with E-state index in [2.05, 4.69) is 57.3 Å². The normalized spacial score (nSPS) is 13.4.